The van der Waals surface area contributed by atoms with Gasteiger partial charge in [0, 0.05) is 19.1 Å². The highest BCUT2D eigenvalue weighted by molar-refractivity contribution is 4.83. The van der Waals surface area contributed by atoms with Crippen molar-refractivity contribution >= 4 is 0 Å². The summed E-state index contributed by atoms with van der Waals surface area (Å²) in [6.45, 7) is 15.1. The first-order chi connectivity index (χ1) is 6.97. The minimum absolute atomic E-state index is 0.237. The van der Waals surface area contributed by atoms with E-state index < -0.39 is 0 Å². The van der Waals surface area contributed by atoms with Crippen LogP contribution in [-0.4, -0.2) is 48.8 Å². The van der Waals surface area contributed by atoms with Crippen LogP contribution in [0.3, 0.4) is 0 Å². The molecule has 92 valence electrons. The van der Waals surface area contributed by atoms with E-state index in [1.165, 1.54) is 0 Å². The van der Waals surface area contributed by atoms with Crippen molar-refractivity contribution in [1.82, 2.24) is 10.2 Å². The summed E-state index contributed by atoms with van der Waals surface area (Å²) in [7, 11) is 0. The maximum absolute atomic E-state index is 8.95. The fourth-order valence-electron chi connectivity index (χ4n) is 1.79. The molecule has 0 bridgehead atoms. The summed E-state index contributed by atoms with van der Waals surface area (Å²) in [5.41, 5.74) is 0.237. The maximum Gasteiger partial charge on any atom is 0.0558 e. The van der Waals surface area contributed by atoms with Gasteiger partial charge >= 0.3 is 0 Å². The minimum atomic E-state index is 0.237. The van der Waals surface area contributed by atoms with Crippen molar-refractivity contribution in [3.8, 4) is 0 Å². The zero-order valence-electron chi connectivity index (χ0n) is 11.0. The Kier molecular flexibility index (Phi) is 7.14. The van der Waals surface area contributed by atoms with Gasteiger partial charge in [-0.05, 0) is 25.4 Å². The largest absolute Gasteiger partial charge is 0.395 e. The molecule has 0 aromatic carbocycles. The molecule has 0 aliphatic rings. The molecule has 0 aromatic rings. The Labute approximate surface area is 94.9 Å². The first-order valence-corrected chi connectivity index (χ1v) is 6.04. The molecule has 0 heterocycles. The molecular formula is C12H28N2O. The lowest BCUT2D eigenvalue weighted by molar-refractivity contribution is 0.126. The summed E-state index contributed by atoms with van der Waals surface area (Å²) < 4.78 is 0. The Balaban J connectivity index is 4.19. The molecule has 0 spiro atoms. The molecular weight excluding hydrogens is 188 g/mol. The number of hydrogen-bond donors (Lipinski definition) is 2. The topological polar surface area (TPSA) is 35.5 Å². The molecule has 0 aliphatic carbocycles. The van der Waals surface area contributed by atoms with Crippen molar-refractivity contribution in [2.45, 2.75) is 40.7 Å². The van der Waals surface area contributed by atoms with Gasteiger partial charge in [-0.25, -0.2) is 0 Å². The quantitative estimate of drug-likeness (QED) is 0.642. The summed E-state index contributed by atoms with van der Waals surface area (Å²) in [5, 5.41) is 12.4. The van der Waals surface area contributed by atoms with Crippen LogP contribution in [0.2, 0.25) is 0 Å². The van der Waals surface area contributed by atoms with E-state index in [4.69, 9.17) is 5.11 Å². The van der Waals surface area contributed by atoms with Crippen LogP contribution in [0.4, 0.5) is 0 Å². The Morgan fingerprint density at radius 2 is 1.93 bits per heavy atom. The standard InChI is InChI=1S/C12H28N2O/c1-6-13-11(3)12(4,5)10-14(7-2)8-9-15/h11,13,15H,6-10H2,1-5H3. The van der Waals surface area contributed by atoms with Gasteiger partial charge in [-0.3, -0.25) is 0 Å². The number of aliphatic hydroxyl groups is 1. The Morgan fingerprint density at radius 3 is 2.33 bits per heavy atom. The summed E-state index contributed by atoms with van der Waals surface area (Å²) >= 11 is 0. The number of aliphatic hydroxyl groups excluding tert-OH is 1. The molecule has 1 unspecified atom stereocenters. The zero-order chi connectivity index (χ0) is 11.9. The van der Waals surface area contributed by atoms with Crippen molar-refractivity contribution in [2.75, 3.05) is 32.8 Å². The molecule has 0 radical (unpaired) electrons. The third-order valence-electron chi connectivity index (χ3n) is 3.18. The van der Waals surface area contributed by atoms with Crippen molar-refractivity contribution in [3.63, 3.8) is 0 Å². The SMILES string of the molecule is CCNC(C)C(C)(C)CN(CC)CCO. The van der Waals surface area contributed by atoms with Gasteiger partial charge in [0.15, 0.2) is 0 Å². The zero-order valence-corrected chi connectivity index (χ0v) is 11.0. The highest BCUT2D eigenvalue weighted by atomic mass is 16.3. The molecule has 0 rings (SSSR count). The third kappa shape index (κ3) is 5.50. The Hall–Kier alpha value is -0.120. The van der Waals surface area contributed by atoms with Gasteiger partial charge in [0.1, 0.15) is 0 Å². The van der Waals surface area contributed by atoms with Crippen LogP contribution in [0.15, 0.2) is 0 Å². The second kappa shape index (κ2) is 7.20. The van der Waals surface area contributed by atoms with Crippen LogP contribution in [0.25, 0.3) is 0 Å². The van der Waals surface area contributed by atoms with Gasteiger partial charge in [0.05, 0.1) is 6.61 Å². The van der Waals surface area contributed by atoms with Crippen LogP contribution in [-0.2, 0) is 0 Å². The van der Waals surface area contributed by atoms with E-state index in [-0.39, 0.29) is 12.0 Å². The van der Waals surface area contributed by atoms with E-state index in [9.17, 15) is 0 Å². The number of nitrogens with one attached hydrogen (secondary N) is 1. The number of rotatable bonds is 8. The lowest BCUT2D eigenvalue weighted by Gasteiger charge is -2.37. The van der Waals surface area contributed by atoms with E-state index in [2.05, 4.69) is 44.8 Å². The first kappa shape index (κ1) is 14.9. The highest BCUT2D eigenvalue weighted by Crippen LogP contribution is 2.21. The van der Waals surface area contributed by atoms with Crippen molar-refractivity contribution in [1.29, 1.82) is 0 Å². The van der Waals surface area contributed by atoms with Gasteiger partial charge in [0.2, 0.25) is 0 Å². The molecule has 0 aliphatic heterocycles. The lowest BCUT2D eigenvalue weighted by atomic mass is 9.84. The monoisotopic (exact) mass is 216 g/mol. The normalized spacial score (nSPS) is 14.6. The second-order valence-electron chi connectivity index (χ2n) is 4.86. The summed E-state index contributed by atoms with van der Waals surface area (Å²) in [4.78, 5) is 2.30. The molecule has 1 atom stereocenters. The average molecular weight is 216 g/mol. The third-order valence-corrected chi connectivity index (χ3v) is 3.18. The van der Waals surface area contributed by atoms with E-state index >= 15 is 0 Å². The van der Waals surface area contributed by atoms with E-state index in [0.29, 0.717) is 6.04 Å². The van der Waals surface area contributed by atoms with Gasteiger partial charge < -0.3 is 15.3 Å². The predicted molar refractivity (Wildman–Crippen MR) is 66.1 cm³/mol. The molecule has 3 heteroatoms. The van der Waals surface area contributed by atoms with Crippen molar-refractivity contribution < 1.29 is 5.11 Å². The minimum Gasteiger partial charge on any atom is -0.395 e. The van der Waals surface area contributed by atoms with E-state index in [1.807, 2.05) is 0 Å². The molecule has 2 N–H and O–H groups in total. The molecule has 0 amide bonds. The number of hydrogen-bond acceptors (Lipinski definition) is 3. The predicted octanol–water partition coefficient (Wildman–Crippen LogP) is 1.32. The summed E-state index contributed by atoms with van der Waals surface area (Å²) in [6.07, 6.45) is 0. The van der Waals surface area contributed by atoms with Crippen LogP contribution < -0.4 is 5.32 Å². The highest BCUT2D eigenvalue weighted by Gasteiger charge is 2.27. The maximum atomic E-state index is 8.95. The van der Waals surface area contributed by atoms with Gasteiger partial charge in [-0.1, -0.05) is 27.7 Å². The smallest absolute Gasteiger partial charge is 0.0558 e. The average Bonchev–Trinajstić information content (AvgIpc) is 2.17. The number of likely N-dealkylation sites (N-methyl/N-ethyl adjacent to an activating group) is 1. The van der Waals surface area contributed by atoms with Crippen LogP contribution in [0.1, 0.15) is 34.6 Å². The molecule has 3 nitrogen and oxygen atoms in total. The van der Waals surface area contributed by atoms with Crippen LogP contribution in [0, 0.1) is 5.41 Å². The van der Waals surface area contributed by atoms with E-state index in [1.54, 1.807) is 0 Å². The van der Waals surface area contributed by atoms with Crippen molar-refractivity contribution in [2.24, 2.45) is 5.41 Å². The fourth-order valence-corrected chi connectivity index (χ4v) is 1.79. The molecule has 0 fully saturated rings. The van der Waals surface area contributed by atoms with Crippen LogP contribution >= 0.6 is 0 Å². The van der Waals surface area contributed by atoms with E-state index in [0.717, 1.165) is 26.2 Å². The summed E-state index contributed by atoms with van der Waals surface area (Å²) in [6, 6.07) is 0.496. The Bertz CT molecular complexity index is 160. The Morgan fingerprint density at radius 1 is 1.33 bits per heavy atom. The second-order valence-corrected chi connectivity index (χ2v) is 4.86. The van der Waals surface area contributed by atoms with Gasteiger partial charge in [-0.2, -0.15) is 0 Å². The van der Waals surface area contributed by atoms with Gasteiger partial charge in [0.25, 0.3) is 0 Å². The molecule has 15 heavy (non-hydrogen) atoms. The lowest BCUT2D eigenvalue weighted by Crippen LogP contribution is -2.47. The first-order valence-electron chi connectivity index (χ1n) is 6.04. The fraction of sp³-hybridized carbons (Fsp3) is 1.00. The molecule has 0 aromatic heterocycles. The molecule has 0 saturated heterocycles. The molecule has 0 saturated carbocycles. The van der Waals surface area contributed by atoms with Gasteiger partial charge in [-0.15, -0.1) is 0 Å². The van der Waals surface area contributed by atoms with Crippen molar-refractivity contribution in [3.05, 3.63) is 0 Å². The summed E-state index contributed by atoms with van der Waals surface area (Å²) in [5.74, 6) is 0. The van der Waals surface area contributed by atoms with Crippen LogP contribution in [0.5, 0.6) is 0 Å². The number of nitrogens with zero attached hydrogens (tertiary/aromatic N) is 1.